The Morgan fingerprint density at radius 3 is 2.16 bits per heavy atom. The lowest BCUT2D eigenvalue weighted by molar-refractivity contribution is -0.235. The summed E-state index contributed by atoms with van der Waals surface area (Å²) < 4.78 is 51.8. The summed E-state index contributed by atoms with van der Waals surface area (Å²) in [6, 6.07) is 12.5. The maximum Gasteiger partial charge on any atom is 0.303 e. The number of sulfonamides is 1. The second-order valence-corrected chi connectivity index (χ2v) is 11.0. The van der Waals surface area contributed by atoms with Crippen molar-refractivity contribution in [3.63, 3.8) is 0 Å². The van der Waals surface area contributed by atoms with Crippen molar-refractivity contribution in [3.8, 4) is 0 Å². The first-order chi connectivity index (χ1) is 17.5. The van der Waals surface area contributed by atoms with Gasteiger partial charge in [0, 0.05) is 27.3 Å². The molecule has 0 aromatic heterocycles. The maximum atomic E-state index is 14.0. The normalized spacial score (nSPS) is 25.4. The van der Waals surface area contributed by atoms with E-state index in [1.54, 1.807) is 30.3 Å². The highest BCUT2D eigenvalue weighted by Crippen LogP contribution is 2.45. The van der Waals surface area contributed by atoms with E-state index in [4.69, 9.17) is 18.9 Å². The first kappa shape index (κ1) is 26.8. The van der Waals surface area contributed by atoms with Crippen LogP contribution in [-0.2, 0) is 49.9 Å². The van der Waals surface area contributed by atoms with Gasteiger partial charge < -0.3 is 18.9 Å². The fourth-order valence-electron chi connectivity index (χ4n) is 4.81. The van der Waals surface area contributed by atoms with Crippen LogP contribution in [0.4, 0.5) is 0 Å². The third-order valence-electron chi connectivity index (χ3n) is 6.36. The Labute approximate surface area is 215 Å². The third kappa shape index (κ3) is 5.53. The van der Waals surface area contributed by atoms with Gasteiger partial charge >= 0.3 is 17.9 Å². The molecule has 11 heteroatoms. The molecule has 2 aliphatic rings. The van der Waals surface area contributed by atoms with E-state index >= 15 is 0 Å². The van der Waals surface area contributed by atoms with Crippen molar-refractivity contribution in [2.24, 2.45) is 0 Å². The molecule has 2 aromatic rings. The molecule has 4 rings (SSSR count). The number of benzene rings is 2. The van der Waals surface area contributed by atoms with Crippen molar-refractivity contribution in [3.05, 3.63) is 65.2 Å². The molecule has 37 heavy (non-hydrogen) atoms. The summed E-state index contributed by atoms with van der Waals surface area (Å²) in [5.41, 5.74) is 2.30. The molecule has 1 fully saturated rings. The molecule has 198 valence electrons. The van der Waals surface area contributed by atoms with Gasteiger partial charge in [0.05, 0.1) is 10.9 Å². The number of aryl methyl sites for hydroxylation is 1. The van der Waals surface area contributed by atoms with E-state index in [1.807, 2.05) is 13.0 Å². The number of hydrogen-bond acceptors (Lipinski definition) is 9. The molecule has 5 atom stereocenters. The van der Waals surface area contributed by atoms with Gasteiger partial charge in [-0.2, -0.15) is 4.31 Å². The van der Waals surface area contributed by atoms with E-state index in [0.717, 1.165) is 5.56 Å². The van der Waals surface area contributed by atoms with Crippen LogP contribution in [0.3, 0.4) is 0 Å². The summed E-state index contributed by atoms with van der Waals surface area (Å²) in [5, 5.41) is 0. The fraction of sp³-hybridized carbons (Fsp3) is 0.423. The highest BCUT2D eigenvalue weighted by atomic mass is 32.2. The van der Waals surface area contributed by atoms with Crippen LogP contribution < -0.4 is 0 Å². The van der Waals surface area contributed by atoms with Gasteiger partial charge in [-0.3, -0.25) is 14.4 Å². The predicted molar refractivity (Wildman–Crippen MR) is 129 cm³/mol. The molecular formula is C26H29NO9S. The predicted octanol–water partition coefficient (Wildman–Crippen LogP) is 2.43. The summed E-state index contributed by atoms with van der Waals surface area (Å²) in [4.78, 5) is 35.9. The molecule has 2 aliphatic heterocycles. The van der Waals surface area contributed by atoms with Crippen molar-refractivity contribution in [2.75, 3.05) is 6.61 Å². The van der Waals surface area contributed by atoms with Crippen LogP contribution in [0.2, 0.25) is 0 Å². The lowest BCUT2D eigenvalue weighted by Gasteiger charge is -2.51. The summed E-state index contributed by atoms with van der Waals surface area (Å²) >= 11 is 0. The highest BCUT2D eigenvalue weighted by Gasteiger charge is 2.57. The van der Waals surface area contributed by atoms with E-state index in [0.29, 0.717) is 11.1 Å². The van der Waals surface area contributed by atoms with Crippen LogP contribution >= 0.6 is 0 Å². The van der Waals surface area contributed by atoms with Gasteiger partial charge in [-0.15, -0.1) is 0 Å². The first-order valence-electron chi connectivity index (χ1n) is 11.8. The second kappa shape index (κ2) is 10.6. The number of esters is 3. The van der Waals surface area contributed by atoms with E-state index in [2.05, 4.69) is 0 Å². The van der Waals surface area contributed by atoms with Gasteiger partial charge in [0.25, 0.3) is 0 Å². The third-order valence-corrected chi connectivity index (χ3v) is 8.22. The molecule has 1 saturated heterocycles. The standard InChI is InChI=1S/C26H29NO9S/c1-15-9-11-20(12-10-15)37(31,32)27-13-19-7-5-6-8-21(19)24-23(27)26(35-18(4)30)25(34-17(3)29)22(36-24)14-33-16(2)28/h5-12,22-26H,13-14H2,1-4H3/t22-,23+,24-,25-,26-/m1/s1. The van der Waals surface area contributed by atoms with Crippen LogP contribution in [0.5, 0.6) is 0 Å². The summed E-state index contributed by atoms with van der Waals surface area (Å²) in [6.45, 7) is 5.13. The lowest BCUT2D eigenvalue weighted by Crippen LogP contribution is -2.65. The van der Waals surface area contributed by atoms with Gasteiger partial charge in [-0.25, -0.2) is 8.42 Å². The number of fused-ring (bicyclic) bond motifs is 3. The Bertz CT molecular complexity index is 1290. The first-order valence-corrected chi connectivity index (χ1v) is 13.2. The molecule has 0 saturated carbocycles. The van der Waals surface area contributed by atoms with Crippen molar-refractivity contribution < 1.29 is 41.7 Å². The zero-order valence-corrected chi connectivity index (χ0v) is 21.8. The highest BCUT2D eigenvalue weighted by molar-refractivity contribution is 7.89. The van der Waals surface area contributed by atoms with E-state index < -0.39 is 58.4 Å². The Hall–Kier alpha value is -3.28. The van der Waals surface area contributed by atoms with Crippen LogP contribution in [0, 0.1) is 6.92 Å². The zero-order chi connectivity index (χ0) is 26.9. The molecule has 0 bridgehead atoms. The summed E-state index contributed by atoms with van der Waals surface area (Å²) in [7, 11) is -4.12. The van der Waals surface area contributed by atoms with Crippen LogP contribution in [0.25, 0.3) is 0 Å². The van der Waals surface area contributed by atoms with Crippen molar-refractivity contribution >= 4 is 27.9 Å². The van der Waals surface area contributed by atoms with E-state index in [-0.39, 0.29) is 18.0 Å². The molecule has 0 aliphatic carbocycles. The minimum atomic E-state index is -4.12. The molecule has 0 N–H and O–H groups in total. The van der Waals surface area contributed by atoms with Gasteiger partial charge in [-0.1, -0.05) is 42.0 Å². The van der Waals surface area contributed by atoms with Gasteiger partial charge in [0.15, 0.2) is 12.2 Å². The Balaban J connectivity index is 1.88. The number of carbonyl (C=O) groups excluding carboxylic acids is 3. The van der Waals surface area contributed by atoms with Gasteiger partial charge in [0.2, 0.25) is 10.0 Å². The van der Waals surface area contributed by atoms with Crippen LogP contribution in [-0.4, -0.2) is 61.6 Å². The number of rotatable bonds is 6. The molecular weight excluding hydrogens is 502 g/mol. The van der Waals surface area contributed by atoms with E-state index in [9.17, 15) is 22.8 Å². The number of nitrogens with zero attached hydrogens (tertiary/aromatic N) is 1. The molecule has 2 aromatic carbocycles. The van der Waals surface area contributed by atoms with E-state index in [1.165, 1.54) is 37.2 Å². The molecule has 2 heterocycles. The van der Waals surface area contributed by atoms with Crippen molar-refractivity contribution in [1.29, 1.82) is 0 Å². The molecule has 0 unspecified atom stereocenters. The van der Waals surface area contributed by atoms with Crippen molar-refractivity contribution in [1.82, 2.24) is 4.31 Å². The summed E-state index contributed by atoms with van der Waals surface area (Å²) in [5.74, 6) is -1.97. The average molecular weight is 532 g/mol. The number of carbonyl (C=O) groups is 3. The van der Waals surface area contributed by atoms with Gasteiger partial charge in [0.1, 0.15) is 18.8 Å². The fourth-order valence-corrected chi connectivity index (χ4v) is 6.42. The zero-order valence-electron chi connectivity index (χ0n) is 20.9. The quantitative estimate of drug-likeness (QED) is 0.408. The second-order valence-electron chi connectivity index (χ2n) is 9.10. The molecule has 10 nitrogen and oxygen atoms in total. The summed E-state index contributed by atoms with van der Waals surface area (Å²) in [6.07, 6.45) is -4.40. The SMILES string of the molecule is CC(=O)OC[C@H]1O[C@@H]2c3ccccc3CN(S(=O)(=O)c3ccc(C)cc3)[C@@H]2[C@@H](OC(C)=O)[C@@H]1OC(C)=O. The number of ether oxygens (including phenoxy) is 4. The Kier molecular flexibility index (Phi) is 7.67. The molecule has 0 radical (unpaired) electrons. The smallest absolute Gasteiger partial charge is 0.303 e. The topological polar surface area (TPSA) is 126 Å². The van der Waals surface area contributed by atoms with Crippen LogP contribution in [0.15, 0.2) is 53.4 Å². The Morgan fingerprint density at radius 2 is 1.54 bits per heavy atom. The van der Waals surface area contributed by atoms with Gasteiger partial charge in [-0.05, 0) is 30.2 Å². The Morgan fingerprint density at radius 1 is 0.919 bits per heavy atom. The molecule has 0 amide bonds. The number of hydrogen-bond donors (Lipinski definition) is 0. The van der Waals surface area contributed by atoms with Crippen molar-refractivity contribution in [2.45, 2.75) is 69.6 Å². The minimum Gasteiger partial charge on any atom is -0.463 e. The maximum absolute atomic E-state index is 14.0. The average Bonchev–Trinajstić information content (AvgIpc) is 2.83. The monoisotopic (exact) mass is 531 g/mol. The van der Waals surface area contributed by atoms with Crippen LogP contribution in [0.1, 0.15) is 43.6 Å². The largest absolute Gasteiger partial charge is 0.463 e. The minimum absolute atomic E-state index is 0.0178. The molecule has 0 spiro atoms. The lowest BCUT2D eigenvalue weighted by atomic mass is 9.84.